The van der Waals surface area contributed by atoms with Crippen molar-refractivity contribution in [2.45, 2.75) is 52.6 Å². The maximum absolute atomic E-state index is 14.1. The summed E-state index contributed by atoms with van der Waals surface area (Å²) < 4.78 is 4.20. The topological polar surface area (TPSA) is 55.1 Å². The minimum Gasteiger partial charge on any atom is -0.308 e. The number of rotatable bonds is 5. The average Bonchev–Trinajstić information content (AvgIpc) is 3.54. The average molecular weight is 530 g/mol. The van der Waals surface area contributed by atoms with Crippen LogP contribution in [0.3, 0.4) is 0 Å². The van der Waals surface area contributed by atoms with Gasteiger partial charge in [-0.05, 0) is 72.4 Å². The largest absolute Gasteiger partial charge is 0.322 e. The fourth-order valence-electron chi connectivity index (χ4n) is 5.58. The molecule has 6 nitrogen and oxygen atoms in total. The SMILES string of the molecule is CCc1ccc(NC(=O)N2Cc3c(C)nn(-c4ccccc4)c3-n3cccc3C2c2ccc(C(C)C)cc2)cc1. The van der Waals surface area contributed by atoms with Gasteiger partial charge in [-0.1, -0.05) is 75.4 Å². The van der Waals surface area contributed by atoms with E-state index in [4.69, 9.17) is 5.10 Å². The Balaban J connectivity index is 1.50. The van der Waals surface area contributed by atoms with Crippen molar-refractivity contribution in [3.8, 4) is 11.5 Å². The van der Waals surface area contributed by atoms with Gasteiger partial charge in [-0.25, -0.2) is 9.48 Å². The Labute approximate surface area is 235 Å². The summed E-state index contributed by atoms with van der Waals surface area (Å²) in [5, 5.41) is 8.13. The number of nitrogens with zero attached hydrogens (tertiary/aromatic N) is 4. The van der Waals surface area contributed by atoms with Gasteiger partial charge in [0.1, 0.15) is 5.82 Å². The zero-order valence-electron chi connectivity index (χ0n) is 23.5. The first-order valence-electron chi connectivity index (χ1n) is 14.0. The maximum Gasteiger partial charge on any atom is 0.322 e. The van der Waals surface area contributed by atoms with Gasteiger partial charge in [0.25, 0.3) is 0 Å². The van der Waals surface area contributed by atoms with Crippen LogP contribution in [-0.4, -0.2) is 25.3 Å². The van der Waals surface area contributed by atoms with Crippen LogP contribution in [0, 0.1) is 6.92 Å². The van der Waals surface area contributed by atoms with Gasteiger partial charge in [-0.15, -0.1) is 0 Å². The second-order valence-electron chi connectivity index (χ2n) is 10.8. The highest BCUT2D eigenvalue weighted by Crippen LogP contribution is 2.39. The summed E-state index contributed by atoms with van der Waals surface area (Å²) in [5.74, 6) is 1.40. The van der Waals surface area contributed by atoms with Crippen molar-refractivity contribution in [2.75, 3.05) is 5.32 Å². The van der Waals surface area contributed by atoms with Crippen molar-refractivity contribution in [1.29, 1.82) is 0 Å². The molecule has 0 radical (unpaired) electrons. The smallest absolute Gasteiger partial charge is 0.308 e. The summed E-state index contributed by atoms with van der Waals surface area (Å²) in [5.41, 5.74) is 8.30. The van der Waals surface area contributed by atoms with Crippen LogP contribution in [0.5, 0.6) is 0 Å². The molecule has 2 amide bonds. The molecule has 1 aliphatic heterocycles. The molecular weight excluding hydrogens is 494 g/mol. The summed E-state index contributed by atoms with van der Waals surface area (Å²) in [7, 11) is 0. The van der Waals surface area contributed by atoms with Crippen molar-refractivity contribution in [3.63, 3.8) is 0 Å². The zero-order chi connectivity index (χ0) is 27.8. The van der Waals surface area contributed by atoms with Crippen molar-refractivity contribution >= 4 is 11.7 Å². The lowest BCUT2D eigenvalue weighted by Crippen LogP contribution is -2.38. The number of carbonyl (C=O) groups is 1. The molecule has 1 atom stereocenters. The van der Waals surface area contributed by atoms with E-state index in [0.29, 0.717) is 12.5 Å². The van der Waals surface area contributed by atoms with Crippen LogP contribution in [0.4, 0.5) is 10.5 Å². The first-order valence-corrected chi connectivity index (χ1v) is 14.0. The second-order valence-corrected chi connectivity index (χ2v) is 10.8. The normalized spacial score (nSPS) is 14.5. The molecule has 6 rings (SSSR count). The lowest BCUT2D eigenvalue weighted by Gasteiger charge is -2.31. The van der Waals surface area contributed by atoms with E-state index < -0.39 is 0 Å². The van der Waals surface area contributed by atoms with E-state index in [0.717, 1.165) is 46.1 Å². The molecule has 202 valence electrons. The number of aromatic nitrogens is 3. The predicted molar refractivity (Wildman–Crippen MR) is 160 cm³/mol. The fraction of sp³-hybridized carbons (Fsp3) is 0.235. The molecule has 0 bridgehead atoms. The molecule has 1 aliphatic rings. The summed E-state index contributed by atoms with van der Waals surface area (Å²) in [6.07, 6.45) is 3.04. The molecule has 1 N–H and O–H groups in total. The van der Waals surface area contributed by atoms with Crippen LogP contribution in [0.15, 0.2) is 97.2 Å². The Morgan fingerprint density at radius 2 is 1.68 bits per heavy atom. The number of hydrogen-bond acceptors (Lipinski definition) is 2. The predicted octanol–water partition coefficient (Wildman–Crippen LogP) is 7.79. The van der Waals surface area contributed by atoms with Crippen molar-refractivity contribution < 1.29 is 4.79 Å². The lowest BCUT2D eigenvalue weighted by molar-refractivity contribution is 0.194. The number of nitrogens with one attached hydrogen (secondary N) is 1. The molecule has 1 unspecified atom stereocenters. The Morgan fingerprint density at radius 1 is 0.950 bits per heavy atom. The highest BCUT2D eigenvalue weighted by atomic mass is 16.2. The molecule has 0 saturated heterocycles. The fourth-order valence-corrected chi connectivity index (χ4v) is 5.58. The number of aryl methyl sites for hydroxylation is 2. The zero-order valence-corrected chi connectivity index (χ0v) is 23.5. The lowest BCUT2D eigenvalue weighted by atomic mass is 9.97. The number of hydrogen-bond donors (Lipinski definition) is 1. The summed E-state index contributed by atoms with van der Waals surface area (Å²) in [4.78, 5) is 16.1. The van der Waals surface area contributed by atoms with Crippen molar-refractivity contribution in [2.24, 2.45) is 0 Å². The van der Waals surface area contributed by atoms with E-state index in [-0.39, 0.29) is 12.1 Å². The van der Waals surface area contributed by atoms with Gasteiger partial charge in [-0.3, -0.25) is 0 Å². The van der Waals surface area contributed by atoms with Crippen molar-refractivity contribution in [3.05, 3.63) is 131 Å². The van der Waals surface area contributed by atoms with Gasteiger partial charge in [0, 0.05) is 17.4 Å². The van der Waals surface area contributed by atoms with Gasteiger partial charge in [0.05, 0.1) is 29.7 Å². The van der Waals surface area contributed by atoms with Gasteiger partial charge >= 0.3 is 6.03 Å². The van der Waals surface area contributed by atoms with Crippen LogP contribution in [0.2, 0.25) is 0 Å². The number of fused-ring (bicyclic) bond motifs is 3. The third kappa shape index (κ3) is 4.60. The first-order chi connectivity index (χ1) is 19.4. The van der Waals surface area contributed by atoms with Crippen LogP contribution in [0.1, 0.15) is 66.4 Å². The van der Waals surface area contributed by atoms with E-state index in [1.807, 2.05) is 46.8 Å². The Morgan fingerprint density at radius 3 is 2.35 bits per heavy atom. The minimum absolute atomic E-state index is 0.144. The van der Waals surface area contributed by atoms with Crippen LogP contribution in [0.25, 0.3) is 11.5 Å². The number of carbonyl (C=O) groups excluding carboxylic acids is 1. The van der Waals surface area contributed by atoms with E-state index in [2.05, 4.69) is 97.5 Å². The van der Waals surface area contributed by atoms with Gasteiger partial charge in [0.15, 0.2) is 0 Å². The standard InChI is InChI=1S/C34H35N5O/c1-5-25-13-19-28(20-14-25)35-34(40)38-22-30-24(4)36-39(29-10-7-6-8-11-29)33(30)37-21-9-12-31(37)32(38)27-17-15-26(16-18-27)23(2)3/h6-21,23,32H,5,22H2,1-4H3,(H,35,40). The van der Waals surface area contributed by atoms with Crippen LogP contribution in [-0.2, 0) is 13.0 Å². The molecule has 40 heavy (non-hydrogen) atoms. The van der Waals surface area contributed by atoms with E-state index in [9.17, 15) is 4.79 Å². The van der Waals surface area contributed by atoms with E-state index >= 15 is 0 Å². The number of benzene rings is 3. The summed E-state index contributed by atoms with van der Waals surface area (Å²) in [6, 6.07) is 30.7. The number of urea groups is 1. The van der Waals surface area contributed by atoms with Gasteiger partial charge in [-0.2, -0.15) is 5.10 Å². The Kier molecular flexibility index (Phi) is 6.76. The van der Waals surface area contributed by atoms with Gasteiger partial charge in [0.2, 0.25) is 0 Å². The molecular formula is C34H35N5O. The Bertz CT molecular complexity index is 1630. The second kappa shape index (κ2) is 10.5. The number of para-hydroxylation sites is 1. The maximum atomic E-state index is 14.1. The molecule has 0 saturated carbocycles. The van der Waals surface area contributed by atoms with E-state index in [1.54, 1.807) is 0 Å². The molecule has 2 aromatic heterocycles. The molecule has 3 aromatic carbocycles. The Hall–Kier alpha value is -4.58. The number of amides is 2. The molecule has 5 aromatic rings. The first kappa shape index (κ1) is 25.7. The molecule has 6 heteroatoms. The van der Waals surface area contributed by atoms with Crippen LogP contribution < -0.4 is 5.32 Å². The molecule has 0 spiro atoms. The molecule has 0 fully saturated rings. The third-order valence-electron chi connectivity index (χ3n) is 7.88. The number of anilines is 1. The van der Waals surface area contributed by atoms with Crippen molar-refractivity contribution in [1.82, 2.24) is 19.2 Å². The van der Waals surface area contributed by atoms with Gasteiger partial charge < -0.3 is 14.8 Å². The molecule has 3 heterocycles. The monoisotopic (exact) mass is 529 g/mol. The highest BCUT2D eigenvalue weighted by molar-refractivity contribution is 5.90. The molecule has 0 aliphatic carbocycles. The third-order valence-corrected chi connectivity index (χ3v) is 7.88. The quantitative estimate of drug-likeness (QED) is 0.253. The summed E-state index contributed by atoms with van der Waals surface area (Å²) in [6.45, 7) is 8.97. The van der Waals surface area contributed by atoms with Crippen LogP contribution >= 0.6 is 0 Å². The minimum atomic E-state index is -0.290. The summed E-state index contributed by atoms with van der Waals surface area (Å²) >= 11 is 0. The highest BCUT2D eigenvalue weighted by Gasteiger charge is 2.36. The van der Waals surface area contributed by atoms with E-state index in [1.165, 1.54) is 11.1 Å².